The Labute approximate surface area is 183 Å². The molecule has 0 radical (unpaired) electrons. The van der Waals surface area contributed by atoms with Crippen LogP contribution >= 0.6 is 0 Å². The molecule has 0 aromatic heterocycles. The predicted octanol–water partition coefficient (Wildman–Crippen LogP) is 3.98. The highest BCUT2D eigenvalue weighted by atomic mass is 16.5. The van der Waals surface area contributed by atoms with E-state index in [1.165, 1.54) is 13.3 Å². The molecule has 0 spiro atoms. The number of ether oxygens (including phenoxy) is 3. The summed E-state index contributed by atoms with van der Waals surface area (Å²) < 4.78 is 16.5. The zero-order valence-corrected chi connectivity index (χ0v) is 18.5. The molecular formula is C24H29N3O4. The van der Waals surface area contributed by atoms with Crippen LogP contribution in [0.5, 0.6) is 17.2 Å². The third kappa shape index (κ3) is 6.96. The highest BCUT2D eigenvalue weighted by molar-refractivity contribution is 6.07. The smallest absolute Gasteiger partial charge is 0.267 e. The maximum Gasteiger partial charge on any atom is 0.267 e. The van der Waals surface area contributed by atoms with Gasteiger partial charge in [-0.1, -0.05) is 12.1 Å². The first-order valence-electron chi connectivity index (χ1n) is 10.2. The Morgan fingerprint density at radius 1 is 1.06 bits per heavy atom. The number of amides is 1. The van der Waals surface area contributed by atoms with Crippen LogP contribution in [0.4, 0.5) is 5.69 Å². The molecule has 31 heavy (non-hydrogen) atoms. The average Bonchev–Trinajstić information content (AvgIpc) is 2.76. The van der Waals surface area contributed by atoms with E-state index in [2.05, 4.69) is 10.6 Å². The van der Waals surface area contributed by atoms with Gasteiger partial charge >= 0.3 is 0 Å². The molecule has 2 N–H and O–H groups in total. The normalized spacial score (nSPS) is 10.7. The van der Waals surface area contributed by atoms with Gasteiger partial charge in [0, 0.05) is 12.7 Å². The standard InChI is InChI=1S/C24H29N3O4/c1-5-30-22-10-8-18(14-23(22)31-6-2)11-12-26-16-19(15-25)24(28)27-20-13-17(3)7-9-21(20)29-4/h7-10,13-14,16,26H,5-6,11-12H2,1-4H3,(H,27,28)/b19-16-. The van der Waals surface area contributed by atoms with Crippen molar-refractivity contribution < 1.29 is 19.0 Å². The molecule has 0 aliphatic rings. The Balaban J connectivity index is 1.98. The van der Waals surface area contributed by atoms with E-state index in [-0.39, 0.29) is 5.57 Å². The molecule has 0 heterocycles. The van der Waals surface area contributed by atoms with E-state index >= 15 is 0 Å². The molecule has 0 fully saturated rings. The number of hydrogen-bond donors (Lipinski definition) is 2. The molecule has 0 bridgehead atoms. The number of carbonyl (C=O) groups excluding carboxylic acids is 1. The second kappa shape index (κ2) is 12.1. The lowest BCUT2D eigenvalue weighted by Gasteiger charge is -2.12. The van der Waals surface area contributed by atoms with Crippen molar-refractivity contribution in [3.63, 3.8) is 0 Å². The van der Waals surface area contributed by atoms with Gasteiger partial charge < -0.3 is 24.8 Å². The lowest BCUT2D eigenvalue weighted by Crippen LogP contribution is -2.18. The summed E-state index contributed by atoms with van der Waals surface area (Å²) in [6, 6.07) is 13.2. The number of hydrogen-bond acceptors (Lipinski definition) is 6. The molecule has 2 aromatic carbocycles. The summed E-state index contributed by atoms with van der Waals surface area (Å²) in [6.07, 6.45) is 2.12. The van der Waals surface area contributed by atoms with Crippen LogP contribution in [-0.2, 0) is 11.2 Å². The molecule has 1 amide bonds. The van der Waals surface area contributed by atoms with Gasteiger partial charge in [0.1, 0.15) is 17.4 Å². The second-order valence-electron chi connectivity index (χ2n) is 6.68. The number of aryl methyl sites for hydroxylation is 1. The number of rotatable bonds is 11. The molecule has 0 saturated heterocycles. The SMILES string of the molecule is CCOc1ccc(CCN/C=C(/C#N)C(=O)Nc2cc(C)ccc2OC)cc1OCC. The van der Waals surface area contributed by atoms with E-state index in [0.29, 0.717) is 43.4 Å². The molecular weight excluding hydrogens is 394 g/mol. The van der Waals surface area contributed by atoms with Crippen molar-refractivity contribution in [2.45, 2.75) is 27.2 Å². The minimum absolute atomic E-state index is 0.0229. The Bertz CT molecular complexity index is 964. The van der Waals surface area contributed by atoms with Gasteiger partial charge in [0.25, 0.3) is 5.91 Å². The molecule has 7 nitrogen and oxygen atoms in total. The van der Waals surface area contributed by atoms with Gasteiger partial charge in [0.2, 0.25) is 0 Å². The summed E-state index contributed by atoms with van der Waals surface area (Å²) in [7, 11) is 1.53. The van der Waals surface area contributed by atoms with Crippen LogP contribution in [0.3, 0.4) is 0 Å². The van der Waals surface area contributed by atoms with Gasteiger partial charge in [0.05, 0.1) is 26.0 Å². The van der Waals surface area contributed by atoms with E-state index in [4.69, 9.17) is 14.2 Å². The summed E-state index contributed by atoms with van der Waals surface area (Å²) in [5.74, 6) is 1.46. The van der Waals surface area contributed by atoms with Crippen molar-refractivity contribution >= 4 is 11.6 Å². The van der Waals surface area contributed by atoms with Gasteiger partial charge in [-0.3, -0.25) is 4.79 Å². The Morgan fingerprint density at radius 3 is 2.45 bits per heavy atom. The number of benzene rings is 2. The Morgan fingerprint density at radius 2 is 1.77 bits per heavy atom. The van der Waals surface area contributed by atoms with Gasteiger partial charge in [-0.2, -0.15) is 5.26 Å². The molecule has 0 aliphatic carbocycles. The van der Waals surface area contributed by atoms with Crippen LogP contribution in [0.15, 0.2) is 48.2 Å². The van der Waals surface area contributed by atoms with E-state index in [1.54, 1.807) is 12.1 Å². The van der Waals surface area contributed by atoms with Crippen molar-refractivity contribution in [3.05, 3.63) is 59.3 Å². The zero-order valence-electron chi connectivity index (χ0n) is 18.5. The second-order valence-corrected chi connectivity index (χ2v) is 6.68. The largest absolute Gasteiger partial charge is 0.495 e. The van der Waals surface area contributed by atoms with Crippen LogP contribution in [-0.4, -0.2) is 32.8 Å². The van der Waals surface area contributed by atoms with Crippen molar-refractivity contribution in [2.75, 3.05) is 32.2 Å². The number of anilines is 1. The van der Waals surface area contributed by atoms with Gasteiger partial charge in [-0.15, -0.1) is 0 Å². The van der Waals surface area contributed by atoms with Crippen LogP contribution in [0.1, 0.15) is 25.0 Å². The van der Waals surface area contributed by atoms with Gasteiger partial charge in [-0.05, 0) is 62.6 Å². The first-order chi connectivity index (χ1) is 15.0. The van der Waals surface area contributed by atoms with Gasteiger partial charge in [0.15, 0.2) is 11.5 Å². The lowest BCUT2D eigenvalue weighted by atomic mass is 10.1. The zero-order chi connectivity index (χ0) is 22.6. The number of carbonyl (C=O) groups is 1. The third-order valence-corrected chi connectivity index (χ3v) is 4.38. The van der Waals surface area contributed by atoms with E-state index in [9.17, 15) is 10.1 Å². The Kier molecular flexibility index (Phi) is 9.24. The number of nitriles is 1. The summed E-state index contributed by atoms with van der Waals surface area (Å²) in [5.41, 5.74) is 2.52. The van der Waals surface area contributed by atoms with Crippen molar-refractivity contribution in [1.29, 1.82) is 5.26 Å². The topological polar surface area (TPSA) is 92.6 Å². The fourth-order valence-electron chi connectivity index (χ4n) is 2.90. The monoisotopic (exact) mass is 423 g/mol. The first kappa shape index (κ1) is 23.6. The molecule has 2 aromatic rings. The van der Waals surface area contributed by atoms with Crippen LogP contribution in [0.2, 0.25) is 0 Å². The summed E-state index contributed by atoms with van der Waals surface area (Å²) in [5, 5.41) is 15.1. The highest BCUT2D eigenvalue weighted by Crippen LogP contribution is 2.28. The van der Waals surface area contributed by atoms with Crippen molar-refractivity contribution in [2.24, 2.45) is 0 Å². The van der Waals surface area contributed by atoms with Crippen LogP contribution < -0.4 is 24.8 Å². The number of methoxy groups -OCH3 is 1. The van der Waals surface area contributed by atoms with Crippen LogP contribution in [0, 0.1) is 18.3 Å². The quantitative estimate of drug-likeness (QED) is 0.323. The maximum absolute atomic E-state index is 12.5. The van der Waals surface area contributed by atoms with Gasteiger partial charge in [-0.25, -0.2) is 0 Å². The minimum Gasteiger partial charge on any atom is -0.495 e. The van der Waals surface area contributed by atoms with Crippen molar-refractivity contribution in [3.8, 4) is 23.3 Å². The van der Waals surface area contributed by atoms with Crippen LogP contribution in [0.25, 0.3) is 0 Å². The molecule has 0 unspecified atom stereocenters. The van der Waals surface area contributed by atoms with E-state index in [0.717, 1.165) is 16.9 Å². The molecule has 2 rings (SSSR count). The summed E-state index contributed by atoms with van der Waals surface area (Å²) in [6.45, 7) is 7.44. The fraction of sp³-hybridized carbons (Fsp3) is 0.333. The first-order valence-corrected chi connectivity index (χ1v) is 10.2. The predicted molar refractivity (Wildman–Crippen MR) is 121 cm³/mol. The third-order valence-electron chi connectivity index (χ3n) is 4.38. The van der Waals surface area contributed by atoms with E-state index in [1.807, 2.05) is 51.1 Å². The minimum atomic E-state index is -0.501. The molecule has 7 heteroatoms. The number of nitrogens with zero attached hydrogens (tertiary/aromatic N) is 1. The molecule has 0 aliphatic heterocycles. The van der Waals surface area contributed by atoms with E-state index < -0.39 is 5.91 Å². The fourth-order valence-corrected chi connectivity index (χ4v) is 2.90. The van der Waals surface area contributed by atoms with Crippen molar-refractivity contribution in [1.82, 2.24) is 5.32 Å². The molecule has 0 atom stereocenters. The maximum atomic E-state index is 12.5. The summed E-state index contributed by atoms with van der Waals surface area (Å²) >= 11 is 0. The molecule has 0 saturated carbocycles. The summed E-state index contributed by atoms with van der Waals surface area (Å²) in [4.78, 5) is 12.5. The number of nitrogens with one attached hydrogen (secondary N) is 2. The average molecular weight is 424 g/mol. The Hall–Kier alpha value is -3.66. The molecule has 164 valence electrons. The highest BCUT2D eigenvalue weighted by Gasteiger charge is 2.12. The lowest BCUT2D eigenvalue weighted by molar-refractivity contribution is -0.112.